The Labute approximate surface area is 136 Å². The van der Waals surface area contributed by atoms with E-state index in [0.29, 0.717) is 20.6 Å². The summed E-state index contributed by atoms with van der Waals surface area (Å²) in [6, 6.07) is 7.03. The van der Waals surface area contributed by atoms with Gasteiger partial charge in [0.15, 0.2) is 0 Å². The summed E-state index contributed by atoms with van der Waals surface area (Å²) in [6.07, 6.45) is 0. The van der Waals surface area contributed by atoms with Crippen molar-refractivity contribution in [2.24, 2.45) is 0 Å². The van der Waals surface area contributed by atoms with E-state index < -0.39 is 16.5 Å². The molecule has 0 aliphatic rings. The molecule has 0 fully saturated rings. The predicted molar refractivity (Wildman–Crippen MR) is 81.3 cm³/mol. The summed E-state index contributed by atoms with van der Waals surface area (Å²) in [4.78, 5) is -0.462. The first-order valence-electron chi connectivity index (χ1n) is 5.13. The Morgan fingerprint density at radius 3 is 2.26 bits per heavy atom. The Bertz CT molecular complexity index is 632. The van der Waals surface area contributed by atoms with Gasteiger partial charge < -0.3 is 0 Å². The average Bonchev–Trinajstić information content (AvgIpc) is 2.36. The van der Waals surface area contributed by atoms with Gasteiger partial charge in [0.2, 0.25) is 0 Å². The van der Waals surface area contributed by atoms with Crippen LogP contribution in [0.5, 0.6) is 0 Å². The largest absolute Gasteiger partial charge is 0.207 e. The van der Waals surface area contributed by atoms with Crippen LogP contribution < -0.4 is 0 Å². The summed E-state index contributed by atoms with van der Waals surface area (Å²) < 4.78 is 27.5. The second-order valence-corrected chi connectivity index (χ2v) is 6.41. The topological polar surface area (TPSA) is 0 Å². The van der Waals surface area contributed by atoms with Gasteiger partial charge in [-0.25, -0.2) is 8.78 Å². The summed E-state index contributed by atoms with van der Waals surface area (Å²) in [6.45, 7) is 0. The number of halogens is 6. The molecule has 1 atom stereocenters. The number of alkyl halides is 1. The molecule has 6 heteroatoms. The van der Waals surface area contributed by atoms with E-state index in [1.165, 1.54) is 30.3 Å². The van der Waals surface area contributed by atoms with Crippen LogP contribution in [0.25, 0.3) is 0 Å². The molecule has 0 spiro atoms. The lowest BCUT2D eigenvalue weighted by molar-refractivity contribution is 0.612. The van der Waals surface area contributed by atoms with E-state index >= 15 is 0 Å². The molecule has 19 heavy (non-hydrogen) atoms. The Morgan fingerprint density at radius 2 is 1.63 bits per heavy atom. The van der Waals surface area contributed by atoms with E-state index in [-0.39, 0.29) is 5.02 Å². The lowest BCUT2D eigenvalue weighted by Gasteiger charge is -2.13. The van der Waals surface area contributed by atoms with Crippen molar-refractivity contribution in [3.63, 3.8) is 0 Å². The summed E-state index contributed by atoms with van der Waals surface area (Å²) in [5.41, 5.74) is 1.000. The van der Waals surface area contributed by atoms with Crippen molar-refractivity contribution in [2.75, 3.05) is 0 Å². The van der Waals surface area contributed by atoms with Crippen LogP contribution in [0.3, 0.4) is 0 Å². The lowest BCUT2D eigenvalue weighted by atomic mass is 10.0. The lowest BCUT2D eigenvalue weighted by Crippen LogP contribution is -1.98. The Morgan fingerprint density at radius 1 is 0.947 bits per heavy atom. The van der Waals surface area contributed by atoms with Crippen molar-refractivity contribution in [2.45, 2.75) is 4.83 Å². The molecule has 0 aliphatic heterocycles. The van der Waals surface area contributed by atoms with Crippen molar-refractivity contribution >= 4 is 55.1 Å². The van der Waals surface area contributed by atoms with Gasteiger partial charge >= 0.3 is 0 Å². The van der Waals surface area contributed by atoms with Crippen molar-refractivity contribution < 1.29 is 8.78 Å². The molecular formula is C13H6Br2Cl2F2. The fourth-order valence-corrected chi connectivity index (χ4v) is 2.89. The predicted octanol–water partition coefficient (Wildman–Crippen LogP) is 6.52. The fourth-order valence-electron chi connectivity index (χ4n) is 1.58. The highest BCUT2D eigenvalue weighted by Gasteiger charge is 2.18. The molecule has 0 aromatic heterocycles. The molecule has 0 bridgehead atoms. The number of hydrogen-bond acceptors (Lipinski definition) is 0. The highest BCUT2D eigenvalue weighted by atomic mass is 79.9. The summed E-state index contributed by atoms with van der Waals surface area (Å²) in [5, 5.41) is 0.389. The van der Waals surface area contributed by atoms with Gasteiger partial charge in [-0.15, -0.1) is 0 Å². The summed E-state index contributed by atoms with van der Waals surface area (Å²) in [7, 11) is 0. The van der Waals surface area contributed by atoms with Gasteiger partial charge in [-0.3, -0.25) is 0 Å². The zero-order valence-electron chi connectivity index (χ0n) is 9.23. The molecule has 0 heterocycles. The van der Waals surface area contributed by atoms with E-state index in [2.05, 4.69) is 31.9 Å². The van der Waals surface area contributed by atoms with Crippen LogP contribution in [0.15, 0.2) is 34.8 Å². The Hall–Kier alpha value is -0.160. The van der Waals surface area contributed by atoms with Crippen molar-refractivity contribution in [3.05, 3.63) is 67.6 Å². The molecule has 2 aromatic carbocycles. The average molecular weight is 431 g/mol. The molecule has 2 rings (SSSR count). The molecule has 0 saturated heterocycles. The normalized spacial score (nSPS) is 12.5. The maximum Gasteiger partial charge on any atom is 0.141 e. The molecule has 2 aromatic rings. The molecule has 1 unspecified atom stereocenters. The molecule has 100 valence electrons. The van der Waals surface area contributed by atoms with E-state index in [9.17, 15) is 8.78 Å². The van der Waals surface area contributed by atoms with Crippen LogP contribution in [0, 0.1) is 11.6 Å². The van der Waals surface area contributed by atoms with Crippen LogP contribution in [0.1, 0.15) is 16.0 Å². The minimum atomic E-state index is -0.514. The molecule has 0 nitrogen and oxygen atoms in total. The van der Waals surface area contributed by atoms with Crippen LogP contribution in [-0.4, -0.2) is 0 Å². The van der Waals surface area contributed by atoms with Crippen molar-refractivity contribution in [1.82, 2.24) is 0 Å². The fraction of sp³-hybridized carbons (Fsp3) is 0.0769. The second kappa shape index (κ2) is 6.08. The maximum atomic E-state index is 13.9. The molecule has 0 saturated carbocycles. The van der Waals surface area contributed by atoms with Crippen LogP contribution in [0.4, 0.5) is 8.78 Å². The quantitative estimate of drug-likeness (QED) is 0.376. The zero-order chi connectivity index (χ0) is 14.2. The maximum absolute atomic E-state index is 13.9. The smallest absolute Gasteiger partial charge is 0.141 e. The minimum Gasteiger partial charge on any atom is -0.207 e. The number of rotatable bonds is 2. The zero-order valence-corrected chi connectivity index (χ0v) is 13.9. The molecular weight excluding hydrogens is 425 g/mol. The monoisotopic (exact) mass is 428 g/mol. The van der Waals surface area contributed by atoms with E-state index in [1.807, 2.05) is 0 Å². The van der Waals surface area contributed by atoms with E-state index in [0.717, 1.165) is 0 Å². The van der Waals surface area contributed by atoms with Crippen LogP contribution in [0.2, 0.25) is 10.0 Å². The molecule has 0 radical (unpaired) electrons. The van der Waals surface area contributed by atoms with Gasteiger partial charge in [-0.2, -0.15) is 0 Å². The molecule has 0 aliphatic carbocycles. The highest BCUT2D eigenvalue weighted by molar-refractivity contribution is 9.10. The van der Waals surface area contributed by atoms with Crippen molar-refractivity contribution in [3.8, 4) is 0 Å². The Balaban J connectivity index is 2.46. The first-order chi connectivity index (χ1) is 8.90. The Kier molecular flexibility index (Phi) is 4.88. The number of hydrogen-bond donors (Lipinski definition) is 0. The second-order valence-electron chi connectivity index (χ2n) is 3.82. The van der Waals surface area contributed by atoms with Gasteiger partial charge in [0, 0.05) is 10.0 Å². The van der Waals surface area contributed by atoms with Crippen LogP contribution in [-0.2, 0) is 0 Å². The summed E-state index contributed by atoms with van der Waals surface area (Å²) in [5.74, 6) is -0.932. The third-order valence-electron chi connectivity index (χ3n) is 2.55. The molecule has 0 amide bonds. The van der Waals surface area contributed by atoms with E-state index in [4.69, 9.17) is 23.2 Å². The first-order valence-corrected chi connectivity index (χ1v) is 7.60. The first kappa shape index (κ1) is 15.2. The number of benzene rings is 2. The van der Waals surface area contributed by atoms with Crippen molar-refractivity contribution in [1.29, 1.82) is 0 Å². The van der Waals surface area contributed by atoms with Gasteiger partial charge in [0.1, 0.15) is 11.6 Å². The van der Waals surface area contributed by atoms with Gasteiger partial charge in [-0.05, 0) is 45.8 Å². The van der Waals surface area contributed by atoms with E-state index in [1.54, 1.807) is 0 Å². The van der Waals surface area contributed by atoms with Gasteiger partial charge in [0.05, 0.1) is 14.9 Å². The summed E-state index contributed by atoms with van der Waals surface area (Å²) >= 11 is 18.2. The minimum absolute atomic E-state index is 0.00873. The highest BCUT2D eigenvalue weighted by Crippen LogP contribution is 2.37. The third kappa shape index (κ3) is 3.30. The molecule has 0 N–H and O–H groups in total. The standard InChI is InChI=1S/C13H6Br2Cl2F2/c14-8-5-12(19)7(4-9(8)16)13(15)6-1-2-11(18)10(17)3-6/h1-5,13H. The third-order valence-corrected chi connectivity index (χ3v) is 5.06. The van der Waals surface area contributed by atoms with Crippen LogP contribution >= 0.6 is 55.1 Å². The van der Waals surface area contributed by atoms with Gasteiger partial charge in [-0.1, -0.05) is 45.2 Å². The SMILES string of the molecule is Fc1ccc(C(Br)c2cc(Cl)c(Br)cc2F)cc1Cl. The van der Waals surface area contributed by atoms with Gasteiger partial charge in [0.25, 0.3) is 0 Å².